The summed E-state index contributed by atoms with van der Waals surface area (Å²) < 4.78 is 42.2. The van der Waals surface area contributed by atoms with Gasteiger partial charge in [0, 0.05) is 54.6 Å². The van der Waals surface area contributed by atoms with Crippen molar-refractivity contribution in [3.63, 3.8) is 0 Å². The molecule has 3 aromatic rings. The van der Waals surface area contributed by atoms with E-state index in [1.807, 2.05) is 36.6 Å². The highest BCUT2D eigenvalue weighted by Crippen LogP contribution is 2.47. The van der Waals surface area contributed by atoms with Crippen molar-refractivity contribution < 1.29 is 28.0 Å². The van der Waals surface area contributed by atoms with E-state index in [4.69, 9.17) is 25.8 Å². The van der Waals surface area contributed by atoms with Gasteiger partial charge in [0.2, 0.25) is 0 Å². The highest BCUT2D eigenvalue weighted by molar-refractivity contribution is 7.92. The number of hydrogen-bond donors (Lipinski definition) is 1. The number of halogens is 1. The number of aryl methyl sites for hydroxylation is 1. The average molecular weight is 761 g/mol. The monoisotopic (exact) mass is 760 g/mol. The molecule has 4 heterocycles. The van der Waals surface area contributed by atoms with Crippen molar-refractivity contribution in [2.24, 2.45) is 22.1 Å². The van der Waals surface area contributed by atoms with Crippen molar-refractivity contribution >= 4 is 39.0 Å². The van der Waals surface area contributed by atoms with Gasteiger partial charge < -0.3 is 23.7 Å². The van der Waals surface area contributed by atoms with Crippen molar-refractivity contribution in [3.8, 4) is 5.75 Å². The summed E-state index contributed by atoms with van der Waals surface area (Å²) in [5.74, 6) is 0.134. The topological polar surface area (TPSA) is 111 Å². The standard InChI is InChI=1S/C41H49ClN4O6S/c1-26-6-4-8-37(50-3)34-12-9-30(34)20-46-24-41(15-5-7-28-16-32(42)11-13-35(28)41)25-52-38-14-10-29(18-36(38)46)39(47)43-53(49,23-26)44-40(48)31-17-33-22-51-27(2)19-45(33)21-31/h4,8,10-11,13-14,16-18,21,26-27,30,34,37H,5-7,9,12,15,19-20,22-25H2,1-3H3,(H,43,44,47,48,49)/b8-4+/t26-,27-,30-,34+,37-,41-,53?/m0/s1. The highest BCUT2D eigenvalue weighted by Gasteiger charge is 2.44. The lowest BCUT2D eigenvalue weighted by atomic mass is 9.68. The zero-order chi connectivity index (χ0) is 36.9. The van der Waals surface area contributed by atoms with E-state index in [-0.39, 0.29) is 29.3 Å². The number of rotatable bonds is 3. The van der Waals surface area contributed by atoms with Crippen molar-refractivity contribution in [3.05, 3.63) is 93.8 Å². The molecule has 2 aromatic carbocycles. The lowest BCUT2D eigenvalue weighted by Crippen LogP contribution is -2.49. The molecule has 2 bridgehead atoms. The minimum Gasteiger partial charge on any atom is -0.490 e. The van der Waals surface area contributed by atoms with Crippen LogP contribution in [0.2, 0.25) is 5.02 Å². The number of fused-ring (bicyclic) bond motifs is 5. The molecule has 8 rings (SSSR count). The quantitative estimate of drug-likeness (QED) is 0.283. The molecule has 12 heteroatoms. The average Bonchev–Trinajstić information content (AvgIpc) is 3.48. The Morgan fingerprint density at radius 2 is 2.00 bits per heavy atom. The molecule has 1 N–H and O–H groups in total. The molecule has 3 aliphatic heterocycles. The molecule has 53 heavy (non-hydrogen) atoms. The van der Waals surface area contributed by atoms with Gasteiger partial charge in [-0.3, -0.25) is 14.3 Å². The summed E-state index contributed by atoms with van der Waals surface area (Å²) in [7, 11) is -1.77. The zero-order valence-electron chi connectivity index (χ0n) is 30.7. The van der Waals surface area contributed by atoms with E-state index in [9.17, 15) is 13.8 Å². The first-order valence-corrected chi connectivity index (χ1v) is 21.0. The minimum atomic E-state index is -3.54. The third-order valence-electron chi connectivity index (χ3n) is 12.0. The second kappa shape index (κ2) is 14.5. The fourth-order valence-electron chi connectivity index (χ4n) is 9.10. The Balaban J connectivity index is 1.18. The van der Waals surface area contributed by atoms with Crippen LogP contribution >= 0.6 is 11.6 Å². The van der Waals surface area contributed by atoms with Crippen molar-refractivity contribution in [2.75, 3.05) is 37.5 Å². The predicted octanol–water partition coefficient (Wildman–Crippen LogP) is 7.12. The van der Waals surface area contributed by atoms with Gasteiger partial charge in [-0.2, -0.15) is 0 Å². The fraction of sp³-hybridized carbons (Fsp3) is 0.512. The molecule has 5 aliphatic rings. The number of benzene rings is 2. The second-order valence-corrected chi connectivity index (χ2v) is 18.3. The van der Waals surface area contributed by atoms with Gasteiger partial charge in [0.15, 0.2) is 0 Å². The Morgan fingerprint density at radius 3 is 2.81 bits per heavy atom. The Hall–Kier alpha value is -3.64. The molecule has 0 saturated heterocycles. The maximum Gasteiger partial charge on any atom is 0.286 e. The summed E-state index contributed by atoms with van der Waals surface area (Å²) in [5.41, 5.74) is 4.64. The number of carbonyl (C=O) groups is 2. The molecule has 282 valence electrons. The Labute approximate surface area is 317 Å². The van der Waals surface area contributed by atoms with Gasteiger partial charge in [-0.1, -0.05) is 36.7 Å². The number of ether oxygens (including phenoxy) is 3. The third kappa shape index (κ3) is 7.30. The lowest BCUT2D eigenvalue weighted by molar-refractivity contribution is 0.0131. The molecule has 1 spiro atoms. The molecule has 7 atom stereocenters. The van der Waals surface area contributed by atoms with Gasteiger partial charge in [-0.25, -0.2) is 4.21 Å². The fourth-order valence-corrected chi connectivity index (χ4v) is 11.2. The number of carbonyl (C=O) groups excluding carboxylic acids is 2. The van der Waals surface area contributed by atoms with Crippen LogP contribution < -0.4 is 14.4 Å². The molecule has 10 nitrogen and oxygen atoms in total. The van der Waals surface area contributed by atoms with Gasteiger partial charge >= 0.3 is 0 Å². The molecular weight excluding hydrogens is 712 g/mol. The largest absolute Gasteiger partial charge is 0.490 e. The smallest absolute Gasteiger partial charge is 0.286 e. The Bertz CT molecular complexity index is 2070. The summed E-state index contributed by atoms with van der Waals surface area (Å²) in [5, 5.41) is 0.741. The third-order valence-corrected chi connectivity index (χ3v) is 14.2. The molecule has 1 saturated carbocycles. The van der Waals surface area contributed by atoms with E-state index < -0.39 is 21.7 Å². The van der Waals surface area contributed by atoms with E-state index in [0.29, 0.717) is 54.9 Å². The van der Waals surface area contributed by atoms with Crippen LogP contribution in [0.4, 0.5) is 5.69 Å². The summed E-state index contributed by atoms with van der Waals surface area (Å²) in [4.78, 5) is 30.2. The van der Waals surface area contributed by atoms with Crippen molar-refractivity contribution in [1.82, 2.24) is 9.29 Å². The first-order chi connectivity index (χ1) is 25.5. The first kappa shape index (κ1) is 36.3. The molecule has 0 radical (unpaired) electrons. The van der Waals surface area contributed by atoms with Gasteiger partial charge in [-0.05, 0) is 111 Å². The van der Waals surface area contributed by atoms with Crippen molar-refractivity contribution in [1.29, 1.82) is 0 Å². The van der Waals surface area contributed by atoms with E-state index in [0.717, 1.165) is 61.6 Å². The van der Waals surface area contributed by atoms with Crippen LogP contribution in [0.15, 0.2) is 65.2 Å². The van der Waals surface area contributed by atoms with Gasteiger partial charge in [0.1, 0.15) is 15.7 Å². The number of hydrogen-bond acceptors (Lipinski definition) is 7. The molecule has 1 unspecified atom stereocenters. The molecule has 1 fully saturated rings. The van der Waals surface area contributed by atoms with E-state index in [1.54, 1.807) is 25.4 Å². The van der Waals surface area contributed by atoms with Crippen LogP contribution in [0.5, 0.6) is 5.75 Å². The van der Waals surface area contributed by atoms with Gasteiger partial charge in [0.25, 0.3) is 11.8 Å². The summed E-state index contributed by atoms with van der Waals surface area (Å²) in [6.07, 6.45) is 11.7. The van der Waals surface area contributed by atoms with Crippen LogP contribution in [0.1, 0.15) is 83.5 Å². The highest BCUT2D eigenvalue weighted by atomic mass is 35.5. The van der Waals surface area contributed by atoms with Gasteiger partial charge in [0.05, 0.1) is 42.4 Å². The van der Waals surface area contributed by atoms with Crippen LogP contribution in [0, 0.1) is 17.8 Å². The normalized spacial score (nSPS) is 31.8. The van der Waals surface area contributed by atoms with Gasteiger partial charge in [-0.15, -0.1) is 4.36 Å². The number of allylic oxidation sites excluding steroid dienone is 1. The maximum absolute atomic E-state index is 14.7. The van der Waals surface area contributed by atoms with E-state index in [1.165, 1.54) is 11.1 Å². The summed E-state index contributed by atoms with van der Waals surface area (Å²) in [6.45, 7) is 6.96. The predicted molar refractivity (Wildman–Crippen MR) is 206 cm³/mol. The first-order valence-electron chi connectivity index (χ1n) is 18.9. The van der Waals surface area contributed by atoms with Crippen LogP contribution in [-0.4, -0.2) is 65.4 Å². The van der Waals surface area contributed by atoms with Crippen LogP contribution in [-0.2, 0) is 44.4 Å². The van der Waals surface area contributed by atoms with Crippen LogP contribution in [0.25, 0.3) is 0 Å². The zero-order valence-corrected chi connectivity index (χ0v) is 32.3. The van der Waals surface area contributed by atoms with E-state index in [2.05, 4.69) is 38.3 Å². The Kier molecular flexibility index (Phi) is 9.97. The number of aromatic nitrogens is 1. The van der Waals surface area contributed by atoms with Crippen molar-refractivity contribution in [2.45, 2.75) is 83.1 Å². The SMILES string of the molecule is CO[C@H]1/C=C/C[C@H](C)CS(=O)(NC(=O)c2cc3n(c2)C[C@H](C)OC3)=NC(=O)c2ccc3c(c2)N(C[C@@H]2CC[C@H]21)C[C@@]1(CCCc2cc(Cl)ccc21)CO3. The molecular formula is C41H49ClN4O6S. The Morgan fingerprint density at radius 1 is 1.13 bits per heavy atom. The van der Waals surface area contributed by atoms with Crippen LogP contribution in [0.3, 0.4) is 0 Å². The molecule has 2 aliphatic carbocycles. The number of nitrogens with one attached hydrogen (secondary N) is 1. The second-order valence-electron chi connectivity index (χ2n) is 15.9. The summed E-state index contributed by atoms with van der Waals surface area (Å²) in [6, 6.07) is 13.4. The number of nitrogens with zero attached hydrogens (tertiary/aromatic N) is 3. The maximum atomic E-state index is 14.7. The molecule has 1 aromatic heterocycles. The number of anilines is 1. The molecule has 2 amide bonds. The number of amides is 2. The number of methoxy groups -OCH3 is 1. The van der Waals surface area contributed by atoms with E-state index >= 15 is 0 Å². The summed E-state index contributed by atoms with van der Waals surface area (Å²) >= 11 is 6.47. The lowest BCUT2D eigenvalue weighted by Gasteiger charge is -2.46. The minimum absolute atomic E-state index is 0.0123.